The number of alkyl halides is 3. The molecule has 1 rings (SSSR count). The quantitative estimate of drug-likeness (QED) is 0.701. The van der Waals surface area contributed by atoms with Gasteiger partial charge in [-0.25, -0.2) is 0 Å². The Hall–Kier alpha value is -0.780. The molecule has 3 nitrogen and oxygen atoms in total. The molecule has 1 atom stereocenters. The van der Waals surface area contributed by atoms with Crippen LogP contribution in [0.1, 0.15) is 19.3 Å². The maximum absolute atomic E-state index is 11.8. The number of hydrogen-bond acceptors (Lipinski definition) is 2. The van der Waals surface area contributed by atoms with Crippen molar-refractivity contribution in [3.8, 4) is 0 Å². The van der Waals surface area contributed by atoms with Gasteiger partial charge < -0.3 is 10.6 Å². The van der Waals surface area contributed by atoms with E-state index in [2.05, 4.69) is 10.6 Å². The maximum atomic E-state index is 11.8. The Balaban J connectivity index is 2.07. The van der Waals surface area contributed by atoms with Crippen LogP contribution >= 0.6 is 0 Å². The van der Waals surface area contributed by atoms with Crippen molar-refractivity contribution in [1.82, 2.24) is 10.6 Å². The van der Waals surface area contributed by atoms with Crippen LogP contribution < -0.4 is 10.6 Å². The van der Waals surface area contributed by atoms with Crippen molar-refractivity contribution in [2.24, 2.45) is 5.92 Å². The van der Waals surface area contributed by atoms with Gasteiger partial charge in [-0.15, -0.1) is 0 Å². The number of nitrogens with one attached hydrogen (secondary N) is 2. The standard InChI is InChI=1S/C9H15F3N2O/c10-9(11,12)3-1-4-14-8(15)7-2-5-13-6-7/h7,13H,1-6H2,(H,14,15). The molecule has 1 saturated heterocycles. The molecule has 0 aromatic carbocycles. The summed E-state index contributed by atoms with van der Waals surface area (Å²) in [7, 11) is 0. The first-order chi connectivity index (χ1) is 6.99. The van der Waals surface area contributed by atoms with Gasteiger partial charge in [0.15, 0.2) is 0 Å². The van der Waals surface area contributed by atoms with Crippen molar-refractivity contribution >= 4 is 5.91 Å². The van der Waals surface area contributed by atoms with E-state index in [4.69, 9.17) is 0 Å². The van der Waals surface area contributed by atoms with Crippen molar-refractivity contribution in [1.29, 1.82) is 0 Å². The topological polar surface area (TPSA) is 41.1 Å². The van der Waals surface area contributed by atoms with Crippen LogP contribution in [0.5, 0.6) is 0 Å². The first kappa shape index (κ1) is 12.3. The van der Waals surface area contributed by atoms with Gasteiger partial charge in [0.1, 0.15) is 0 Å². The van der Waals surface area contributed by atoms with Gasteiger partial charge in [-0.2, -0.15) is 13.2 Å². The Morgan fingerprint density at radius 2 is 2.20 bits per heavy atom. The van der Waals surface area contributed by atoms with Gasteiger partial charge >= 0.3 is 6.18 Å². The molecule has 0 aromatic rings. The van der Waals surface area contributed by atoms with E-state index < -0.39 is 12.6 Å². The molecule has 1 aliphatic heterocycles. The Bertz CT molecular complexity index is 212. The minimum atomic E-state index is -4.13. The third-order valence-electron chi connectivity index (χ3n) is 2.37. The van der Waals surface area contributed by atoms with E-state index in [9.17, 15) is 18.0 Å². The Kier molecular flexibility index (Phi) is 4.38. The van der Waals surface area contributed by atoms with Crippen LogP contribution in [0.25, 0.3) is 0 Å². The highest BCUT2D eigenvalue weighted by atomic mass is 19.4. The second-order valence-corrected chi connectivity index (χ2v) is 3.70. The molecule has 0 radical (unpaired) electrons. The van der Waals surface area contributed by atoms with E-state index >= 15 is 0 Å². The molecule has 88 valence electrons. The van der Waals surface area contributed by atoms with Crippen LogP contribution in [-0.2, 0) is 4.79 Å². The highest BCUT2D eigenvalue weighted by molar-refractivity contribution is 5.79. The van der Waals surface area contributed by atoms with E-state index in [1.54, 1.807) is 0 Å². The van der Waals surface area contributed by atoms with E-state index in [0.29, 0.717) is 6.54 Å². The summed E-state index contributed by atoms with van der Waals surface area (Å²) >= 11 is 0. The monoisotopic (exact) mass is 224 g/mol. The summed E-state index contributed by atoms with van der Waals surface area (Å²) in [6, 6.07) is 0. The molecule has 0 aromatic heterocycles. The fourth-order valence-corrected chi connectivity index (χ4v) is 1.52. The average Bonchev–Trinajstić information content (AvgIpc) is 2.63. The lowest BCUT2D eigenvalue weighted by molar-refractivity contribution is -0.136. The SMILES string of the molecule is O=C(NCCCC(F)(F)F)C1CCNC1. The summed E-state index contributed by atoms with van der Waals surface area (Å²) in [6.45, 7) is 1.54. The van der Waals surface area contributed by atoms with Crippen LogP contribution in [0.3, 0.4) is 0 Å². The Labute approximate surface area is 86.4 Å². The van der Waals surface area contributed by atoms with Crippen LogP contribution in [0.4, 0.5) is 13.2 Å². The molecule has 1 fully saturated rings. The van der Waals surface area contributed by atoms with Gasteiger partial charge in [0, 0.05) is 19.5 Å². The van der Waals surface area contributed by atoms with Crippen molar-refractivity contribution in [2.45, 2.75) is 25.4 Å². The lowest BCUT2D eigenvalue weighted by atomic mass is 10.1. The molecular formula is C9H15F3N2O. The van der Waals surface area contributed by atoms with Gasteiger partial charge in [0.25, 0.3) is 0 Å². The second kappa shape index (κ2) is 5.34. The third kappa shape index (κ3) is 5.01. The largest absolute Gasteiger partial charge is 0.389 e. The van der Waals surface area contributed by atoms with E-state index in [1.165, 1.54) is 0 Å². The van der Waals surface area contributed by atoms with Crippen molar-refractivity contribution < 1.29 is 18.0 Å². The number of amides is 1. The Morgan fingerprint density at radius 3 is 2.73 bits per heavy atom. The van der Waals surface area contributed by atoms with Gasteiger partial charge in [0.05, 0.1) is 5.92 Å². The van der Waals surface area contributed by atoms with Crippen LogP contribution in [-0.4, -0.2) is 31.7 Å². The first-order valence-electron chi connectivity index (χ1n) is 5.04. The molecular weight excluding hydrogens is 209 g/mol. The first-order valence-corrected chi connectivity index (χ1v) is 5.04. The molecule has 6 heteroatoms. The van der Waals surface area contributed by atoms with E-state index in [0.717, 1.165) is 13.0 Å². The zero-order valence-corrected chi connectivity index (χ0v) is 8.36. The van der Waals surface area contributed by atoms with Crippen LogP contribution in [0.15, 0.2) is 0 Å². The normalized spacial score (nSPS) is 21.7. The highest BCUT2D eigenvalue weighted by Crippen LogP contribution is 2.20. The fraction of sp³-hybridized carbons (Fsp3) is 0.889. The van der Waals surface area contributed by atoms with Crippen molar-refractivity contribution in [2.75, 3.05) is 19.6 Å². The summed E-state index contributed by atoms with van der Waals surface area (Å²) < 4.78 is 35.3. The summed E-state index contributed by atoms with van der Waals surface area (Å²) in [5.74, 6) is -0.210. The minimum Gasteiger partial charge on any atom is -0.356 e. The zero-order chi connectivity index (χ0) is 11.3. The second-order valence-electron chi connectivity index (χ2n) is 3.70. The summed E-state index contributed by atoms with van der Waals surface area (Å²) in [5, 5.41) is 5.55. The summed E-state index contributed by atoms with van der Waals surface area (Å²) in [6.07, 6.45) is -4.24. The molecule has 0 spiro atoms. The molecule has 0 bridgehead atoms. The Morgan fingerprint density at radius 1 is 1.47 bits per heavy atom. The third-order valence-corrected chi connectivity index (χ3v) is 2.37. The van der Waals surface area contributed by atoms with Crippen molar-refractivity contribution in [3.63, 3.8) is 0 Å². The molecule has 1 unspecified atom stereocenters. The predicted octanol–water partition coefficient (Wildman–Crippen LogP) is 1.05. The number of halogens is 3. The van der Waals surface area contributed by atoms with Gasteiger partial charge in [-0.3, -0.25) is 4.79 Å². The molecule has 0 saturated carbocycles. The van der Waals surface area contributed by atoms with Crippen LogP contribution in [0.2, 0.25) is 0 Å². The predicted molar refractivity (Wildman–Crippen MR) is 49.3 cm³/mol. The molecule has 1 amide bonds. The van der Waals surface area contributed by atoms with E-state index in [-0.39, 0.29) is 24.8 Å². The van der Waals surface area contributed by atoms with Gasteiger partial charge in [-0.05, 0) is 19.4 Å². The number of hydrogen-bond donors (Lipinski definition) is 2. The van der Waals surface area contributed by atoms with E-state index in [1.807, 2.05) is 0 Å². The fourth-order valence-electron chi connectivity index (χ4n) is 1.52. The lowest BCUT2D eigenvalue weighted by Gasteiger charge is -2.10. The molecule has 0 aliphatic carbocycles. The smallest absolute Gasteiger partial charge is 0.356 e. The number of rotatable bonds is 4. The summed E-state index contributed by atoms with van der Waals surface area (Å²) in [4.78, 5) is 11.3. The highest BCUT2D eigenvalue weighted by Gasteiger charge is 2.26. The van der Waals surface area contributed by atoms with Crippen molar-refractivity contribution in [3.05, 3.63) is 0 Å². The molecule has 1 aliphatic rings. The van der Waals surface area contributed by atoms with Crippen LogP contribution in [0, 0.1) is 5.92 Å². The minimum absolute atomic E-state index is 0.0462. The lowest BCUT2D eigenvalue weighted by Crippen LogP contribution is -2.33. The number of carbonyl (C=O) groups excluding carboxylic acids is 1. The average molecular weight is 224 g/mol. The van der Waals surface area contributed by atoms with Gasteiger partial charge in [0.2, 0.25) is 5.91 Å². The molecule has 2 N–H and O–H groups in total. The summed E-state index contributed by atoms with van der Waals surface area (Å²) in [5.41, 5.74) is 0. The van der Waals surface area contributed by atoms with Gasteiger partial charge in [-0.1, -0.05) is 0 Å². The number of carbonyl (C=O) groups is 1. The molecule has 15 heavy (non-hydrogen) atoms. The maximum Gasteiger partial charge on any atom is 0.389 e. The zero-order valence-electron chi connectivity index (χ0n) is 8.36. The molecule has 1 heterocycles.